The number of rotatable bonds is 5. The number of anilines is 1. The summed E-state index contributed by atoms with van der Waals surface area (Å²) in [6, 6.07) is 17.0. The average Bonchev–Trinajstić information content (AvgIpc) is 3.32. The highest BCUT2D eigenvalue weighted by atomic mass is 32.1. The number of methoxy groups -OCH3 is 1. The Kier molecular flexibility index (Phi) is 4.83. The molecule has 0 fully saturated rings. The maximum Gasteiger partial charge on any atom is 0.276 e. The van der Waals surface area contributed by atoms with Gasteiger partial charge in [-0.05, 0) is 36.2 Å². The topological polar surface area (TPSA) is 69.0 Å². The lowest BCUT2D eigenvalue weighted by Crippen LogP contribution is -2.13. The third kappa shape index (κ3) is 3.48. The molecule has 4 rings (SSSR count). The number of nitrogens with one attached hydrogen (secondary N) is 1. The highest BCUT2D eigenvalue weighted by molar-refractivity contribution is 7.20. The molecular weight excluding hydrogens is 372 g/mol. The number of ether oxygens (including phenoxy) is 1. The van der Waals surface area contributed by atoms with Crippen molar-refractivity contribution in [1.82, 2.24) is 14.8 Å². The number of amides is 1. The van der Waals surface area contributed by atoms with E-state index in [1.807, 2.05) is 48.5 Å². The summed E-state index contributed by atoms with van der Waals surface area (Å²) in [5.41, 5.74) is 2.88. The van der Waals surface area contributed by atoms with E-state index in [9.17, 15) is 4.79 Å². The van der Waals surface area contributed by atoms with Crippen LogP contribution in [0, 0.1) is 0 Å². The van der Waals surface area contributed by atoms with Crippen molar-refractivity contribution in [2.75, 3.05) is 12.4 Å². The van der Waals surface area contributed by atoms with Gasteiger partial charge in [0.15, 0.2) is 5.69 Å². The summed E-state index contributed by atoms with van der Waals surface area (Å²) in [6.45, 7) is 4.15. The van der Waals surface area contributed by atoms with Gasteiger partial charge in [0.2, 0.25) is 5.13 Å². The van der Waals surface area contributed by atoms with Gasteiger partial charge in [0.25, 0.3) is 5.91 Å². The van der Waals surface area contributed by atoms with Crippen molar-refractivity contribution in [3.05, 3.63) is 66.0 Å². The first-order valence-electron chi connectivity index (χ1n) is 8.96. The number of carbonyl (C=O) groups excluding carboxylic acids is 1. The number of thiazole rings is 1. The molecular formula is C21H20N4O2S. The first-order chi connectivity index (χ1) is 13.5. The summed E-state index contributed by atoms with van der Waals surface area (Å²) in [5, 5.41) is 8.19. The number of nitrogens with zero attached hydrogens (tertiary/aromatic N) is 3. The predicted molar refractivity (Wildman–Crippen MR) is 112 cm³/mol. The second-order valence-corrected chi connectivity index (χ2v) is 7.68. The van der Waals surface area contributed by atoms with Crippen LogP contribution in [-0.2, 0) is 0 Å². The first-order valence-corrected chi connectivity index (χ1v) is 9.78. The zero-order valence-corrected chi connectivity index (χ0v) is 16.7. The zero-order chi connectivity index (χ0) is 19.7. The Morgan fingerprint density at radius 2 is 1.96 bits per heavy atom. The van der Waals surface area contributed by atoms with Gasteiger partial charge in [-0.25, -0.2) is 9.67 Å². The Labute approximate surface area is 166 Å². The quantitative estimate of drug-likeness (QED) is 0.526. The number of benzene rings is 2. The van der Waals surface area contributed by atoms with Crippen LogP contribution in [0.2, 0.25) is 0 Å². The van der Waals surface area contributed by atoms with Crippen LogP contribution in [0.3, 0.4) is 0 Å². The Balaban J connectivity index is 1.68. The SMILES string of the molecule is COc1cccc(NC(=O)c2cc(C(C)C)n(-c3nc4ccccc4s3)n2)c1. The number of para-hydroxylation sites is 1. The van der Waals surface area contributed by atoms with Crippen molar-refractivity contribution in [2.45, 2.75) is 19.8 Å². The van der Waals surface area contributed by atoms with Crippen LogP contribution in [0.4, 0.5) is 5.69 Å². The molecule has 2 aromatic heterocycles. The van der Waals surface area contributed by atoms with Crippen LogP contribution in [0.5, 0.6) is 5.75 Å². The molecule has 142 valence electrons. The third-order valence-electron chi connectivity index (χ3n) is 4.35. The summed E-state index contributed by atoms with van der Waals surface area (Å²) >= 11 is 1.56. The lowest BCUT2D eigenvalue weighted by molar-refractivity contribution is 0.102. The summed E-state index contributed by atoms with van der Waals surface area (Å²) in [4.78, 5) is 17.4. The van der Waals surface area contributed by atoms with Gasteiger partial charge in [-0.1, -0.05) is 43.4 Å². The molecule has 0 spiro atoms. The predicted octanol–water partition coefficient (Wildman–Crippen LogP) is 4.87. The van der Waals surface area contributed by atoms with E-state index in [2.05, 4.69) is 29.2 Å². The molecule has 7 heteroatoms. The van der Waals surface area contributed by atoms with Crippen molar-refractivity contribution in [2.24, 2.45) is 0 Å². The van der Waals surface area contributed by atoms with E-state index in [0.717, 1.165) is 21.0 Å². The number of carbonyl (C=O) groups is 1. The monoisotopic (exact) mass is 392 g/mol. The fraction of sp³-hybridized carbons (Fsp3) is 0.190. The van der Waals surface area contributed by atoms with Crippen molar-refractivity contribution in [3.8, 4) is 10.9 Å². The largest absolute Gasteiger partial charge is 0.497 e. The normalized spacial score (nSPS) is 11.1. The van der Waals surface area contributed by atoms with E-state index < -0.39 is 0 Å². The molecule has 1 N–H and O–H groups in total. The highest BCUT2D eigenvalue weighted by Crippen LogP contribution is 2.28. The molecule has 1 amide bonds. The van der Waals surface area contributed by atoms with Gasteiger partial charge >= 0.3 is 0 Å². The lowest BCUT2D eigenvalue weighted by atomic mass is 10.1. The molecule has 0 unspecified atom stereocenters. The lowest BCUT2D eigenvalue weighted by Gasteiger charge is -2.06. The third-order valence-corrected chi connectivity index (χ3v) is 5.36. The van der Waals surface area contributed by atoms with E-state index in [4.69, 9.17) is 4.74 Å². The Morgan fingerprint density at radius 3 is 2.71 bits per heavy atom. The molecule has 0 bridgehead atoms. The smallest absolute Gasteiger partial charge is 0.276 e. The van der Waals surface area contributed by atoms with Gasteiger partial charge < -0.3 is 10.1 Å². The number of fused-ring (bicyclic) bond motifs is 1. The van der Waals surface area contributed by atoms with Crippen molar-refractivity contribution in [1.29, 1.82) is 0 Å². The van der Waals surface area contributed by atoms with Crippen LogP contribution in [0.1, 0.15) is 35.9 Å². The standard InChI is InChI=1S/C21H20N4O2S/c1-13(2)18-12-17(20(26)22-14-7-6-8-15(11-14)27-3)24-25(18)21-23-16-9-4-5-10-19(16)28-21/h4-13H,1-3H3,(H,22,26). The minimum Gasteiger partial charge on any atom is -0.497 e. The molecule has 28 heavy (non-hydrogen) atoms. The van der Waals surface area contributed by atoms with Gasteiger partial charge in [-0.15, -0.1) is 0 Å². The number of hydrogen-bond acceptors (Lipinski definition) is 5. The van der Waals surface area contributed by atoms with E-state index in [0.29, 0.717) is 17.1 Å². The van der Waals surface area contributed by atoms with Gasteiger partial charge in [-0.2, -0.15) is 5.10 Å². The second kappa shape index (κ2) is 7.44. The molecule has 0 atom stereocenters. The minimum absolute atomic E-state index is 0.192. The van der Waals surface area contributed by atoms with Crippen LogP contribution in [-0.4, -0.2) is 27.8 Å². The highest BCUT2D eigenvalue weighted by Gasteiger charge is 2.19. The van der Waals surface area contributed by atoms with E-state index in [1.165, 1.54) is 0 Å². The minimum atomic E-state index is -0.269. The van der Waals surface area contributed by atoms with Crippen LogP contribution in [0.15, 0.2) is 54.6 Å². The van der Waals surface area contributed by atoms with E-state index >= 15 is 0 Å². The molecule has 0 saturated carbocycles. The maximum atomic E-state index is 12.8. The molecule has 4 aromatic rings. The Hall–Kier alpha value is -3.19. The number of aromatic nitrogens is 3. The molecule has 2 heterocycles. The van der Waals surface area contributed by atoms with Crippen LogP contribution < -0.4 is 10.1 Å². The first kappa shape index (κ1) is 18.2. The van der Waals surface area contributed by atoms with E-state index in [-0.39, 0.29) is 11.8 Å². The fourth-order valence-corrected chi connectivity index (χ4v) is 3.86. The summed E-state index contributed by atoms with van der Waals surface area (Å²) in [6.07, 6.45) is 0. The summed E-state index contributed by atoms with van der Waals surface area (Å²) in [7, 11) is 1.59. The molecule has 2 aromatic carbocycles. The molecule has 6 nitrogen and oxygen atoms in total. The Morgan fingerprint density at radius 1 is 1.14 bits per heavy atom. The zero-order valence-electron chi connectivity index (χ0n) is 15.8. The molecule has 0 aliphatic carbocycles. The summed E-state index contributed by atoms with van der Waals surface area (Å²) < 4.78 is 8.07. The average molecular weight is 392 g/mol. The van der Waals surface area contributed by atoms with Crippen molar-refractivity contribution in [3.63, 3.8) is 0 Å². The van der Waals surface area contributed by atoms with Gasteiger partial charge in [-0.3, -0.25) is 4.79 Å². The molecule has 0 aliphatic heterocycles. The second-order valence-electron chi connectivity index (χ2n) is 6.67. The van der Waals surface area contributed by atoms with Crippen LogP contribution >= 0.6 is 11.3 Å². The van der Waals surface area contributed by atoms with Crippen molar-refractivity contribution < 1.29 is 9.53 Å². The fourth-order valence-electron chi connectivity index (χ4n) is 2.92. The molecule has 0 aliphatic rings. The van der Waals surface area contributed by atoms with Gasteiger partial charge in [0.1, 0.15) is 5.75 Å². The number of hydrogen-bond donors (Lipinski definition) is 1. The Bertz CT molecular complexity index is 1110. The molecule has 0 radical (unpaired) electrons. The maximum absolute atomic E-state index is 12.8. The summed E-state index contributed by atoms with van der Waals surface area (Å²) in [5.74, 6) is 0.605. The van der Waals surface area contributed by atoms with Crippen molar-refractivity contribution >= 4 is 33.1 Å². The van der Waals surface area contributed by atoms with Gasteiger partial charge in [0.05, 0.1) is 23.0 Å². The van der Waals surface area contributed by atoms with E-state index in [1.54, 1.807) is 29.2 Å². The van der Waals surface area contributed by atoms with Gasteiger partial charge in [0, 0.05) is 11.8 Å². The van der Waals surface area contributed by atoms with Crippen LogP contribution in [0.25, 0.3) is 15.3 Å². The molecule has 0 saturated heterocycles.